The quantitative estimate of drug-likeness (QED) is 0.376. The summed E-state index contributed by atoms with van der Waals surface area (Å²) < 4.78 is 10.2. The number of carbonyl (C=O) groups is 3. The summed E-state index contributed by atoms with van der Waals surface area (Å²) in [5.74, 6) is -0.527. The highest BCUT2D eigenvalue weighted by atomic mass is 16.6. The summed E-state index contributed by atoms with van der Waals surface area (Å²) in [6, 6.07) is -0.330. The van der Waals surface area contributed by atoms with Crippen molar-refractivity contribution >= 4 is 18.2 Å². The van der Waals surface area contributed by atoms with Crippen LogP contribution in [0.1, 0.15) is 20.3 Å². The second-order valence-electron chi connectivity index (χ2n) is 6.41. The van der Waals surface area contributed by atoms with Gasteiger partial charge in [0.05, 0.1) is 32.0 Å². The lowest BCUT2D eigenvalue weighted by molar-refractivity contribution is -0.132. The maximum Gasteiger partial charge on any atom is 0.327 e. The Morgan fingerprint density at radius 2 is 1.90 bits per heavy atom. The van der Waals surface area contributed by atoms with Gasteiger partial charge in [-0.15, -0.1) is 0 Å². The van der Waals surface area contributed by atoms with Crippen LogP contribution in [0.4, 0.5) is 4.79 Å². The summed E-state index contributed by atoms with van der Waals surface area (Å²) in [5.41, 5.74) is -0.919. The minimum absolute atomic E-state index is 0.0321. The van der Waals surface area contributed by atoms with Gasteiger partial charge in [-0.3, -0.25) is 9.69 Å². The molecule has 3 saturated heterocycles. The van der Waals surface area contributed by atoms with Crippen LogP contribution in [0.3, 0.4) is 0 Å². The Kier molecular flexibility index (Phi) is 3.49. The molecule has 7 nitrogen and oxygen atoms in total. The van der Waals surface area contributed by atoms with E-state index in [1.165, 1.54) is 9.80 Å². The highest BCUT2D eigenvalue weighted by Gasteiger charge is 2.52. The minimum Gasteiger partial charge on any atom is -0.373 e. The second-order valence-corrected chi connectivity index (χ2v) is 6.41. The molecule has 0 aliphatic carbocycles. The summed E-state index contributed by atoms with van der Waals surface area (Å²) in [6.45, 7) is 5.25. The molecular weight excluding hydrogens is 276 g/mol. The molecule has 3 aliphatic heterocycles. The van der Waals surface area contributed by atoms with Gasteiger partial charge in [0.15, 0.2) is 0 Å². The molecule has 0 aromatic heterocycles. The first-order valence-corrected chi connectivity index (χ1v) is 7.25. The summed E-state index contributed by atoms with van der Waals surface area (Å²) in [7, 11) is 0. The first-order chi connectivity index (χ1) is 9.93. The Hall–Kier alpha value is -1.47. The largest absolute Gasteiger partial charge is 0.373 e. The van der Waals surface area contributed by atoms with Crippen LogP contribution in [0.2, 0.25) is 0 Å². The lowest BCUT2D eigenvalue weighted by Gasteiger charge is -2.29. The number of hydrogen-bond donors (Lipinski definition) is 0. The van der Waals surface area contributed by atoms with Gasteiger partial charge < -0.3 is 19.2 Å². The third-order valence-electron chi connectivity index (χ3n) is 4.27. The standard InChI is InChI=1S/C14H20N2O5/c1-14(2)12(18)15(5-11-8-21-11)13(19)16(14)4-9(6-17)3-10-7-20-10/h6,9-11H,3-5,7-8H2,1-2H3. The van der Waals surface area contributed by atoms with E-state index in [4.69, 9.17) is 9.47 Å². The molecule has 0 radical (unpaired) electrons. The molecule has 3 unspecified atom stereocenters. The average molecular weight is 296 g/mol. The monoisotopic (exact) mass is 296 g/mol. The van der Waals surface area contributed by atoms with Gasteiger partial charge in [-0.1, -0.05) is 0 Å². The number of amides is 3. The Morgan fingerprint density at radius 3 is 2.43 bits per heavy atom. The van der Waals surface area contributed by atoms with Crippen LogP contribution in [-0.4, -0.2) is 72.1 Å². The van der Waals surface area contributed by atoms with Gasteiger partial charge in [-0.05, 0) is 20.3 Å². The van der Waals surface area contributed by atoms with E-state index in [1.807, 2.05) is 0 Å². The molecule has 3 aliphatic rings. The topological polar surface area (TPSA) is 82.8 Å². The molecule has 0 aromatic rings. The smallest absolute Gasteiger partial charge is 0.327 e. The van der Waals surface area contributed by atoms with Gasteiger partial charge in [0.25, 0.3) is 5.91 Å². The van der Waals surface area contributed by atoms with Crippen LogP contribution in [0.5, 0.6) is 0 Å². The van der Waals surface area contributed by atoms with Crippen LogP contribution in [0.25, 0.3) is 0 Å². The molecule has 21 heavy (non-hydrogen) atoms. The van der Waals surface area contributed by atoms with E-state index >= 15 is 0 Å². The number of imide groups is 1. The SMILES string of the molecule is CC1(C)C(=O)N(CC2CO2)C(=O)N1CC(C=O)CC1CO1. The zero-order chi connectivity index (χ0) is 15.2. The predicted molar refractivity (Wildman–Crippen MR) is 71.5 cm³/mol. The van der Waals surface area contributed by atoms with Crippen molar-refractivity contribution in [2.24, 2.45) is 5.92 Å². The Balaban J connectivity index is 1.70. The van der Waals surface area contributed by atoms with Gasteiger partial charge in [-0.2, -0.15) is 0 Å². The summed E-state index contributed by atoms with van der Waals surface area (Å²) in [5, 5.41) is 0. The fourth-order valence-electron chi connectivity index (χ4n) is 2.71. The van der Waals surface area contributed by atoms with Crippen molar-refractivity contribution < 1.29 is 23.9 Å². The molecule has 3 heterocycles. The number of aldehydes is 1. The summed E-state index contributed by atoms with van der Waals surface area (Å²) in [6.07, 6.45) is 1.54. The van der Waals surface area contributed by atoms with Crippen LogP contribution >= 0.6 is 0 Å². The first-order valence-electron chi connectivity index (χ1n) is 7.25. The second kappa shape index (κ2) is 5.06. The van der Waals surface area contributed by atoms with E-state index in [9.17, 15) is 14.4 Å². The highest BCUT2D eigenvalue weighted by molar-refractivity contribution is 6.06. The fourth-order valence-corrected chi connectivity index (χ4v) is 2.71. The molecule has 0 spiro atoms. The number of epoxide rings is 2. The molecule has 0 N–H and O–H groups in total. The lowest BCUT2D eigenvalue weighted by Crippen LogP contribution is -2.46. The molecule has 3 fully saturated rings. The number of carbonyl (C=O) groups excluding carboxylic acids is 3. The molecule has 3 amide bonds. The molecule has 3 rings (SSSR count). The van der Waals surface area contributed by atoms with E-state index < -0.39 is 5.54 Å². The number of ether oxygens (including phenoxy) is 2. The third kappa shape index (κ3) is 2.80. The zero-order valence-electron chi connectivity index (χ0n) is 12.3. The number of hydrogen-bond acceptors (Lipinski definition) is 5. The van der Waals surface area contributed by atoms with Crippen LogP contribution in [0, 0.1) is 5.92 Å². The van der Waals surface area contributed by atoms with E-state index in [1.54, 1.807) is 13.8 Å². The summed E-state index contributed by atoms with van der Waals surface area (Å²) in [4.78, 5) is 38.8. The Bertz CT molecular complexity index is 470. The maximum absolute atomic E-state index is 12.5. The minimum atomic E-state index is -0.919. The molecule has 7 heteroatoms. The fraction of sp³-hybridized carbons (Fsp3) is 0.786. The van der Waals surface area contributed by atoms with Crippen molar-refractivity contribution in [2.75, 3.05) is 26.3 Å². The third-order valence-corrected chi connectivity index (χ3v) is 4.27. The van der Waals surface area contributed by atoms with Crippen molar-refractivity contribution in [2.45, 2.75) is 38.0 Å². The number of nitrogens with zero attached hydrogens (tertiary/aromatic N) is 2. The lowest BCUT2D eigenvalue weighted by atomic mass is 9.99. The van der Waals surface area contributed by atoms with Crippen molar-refractivity contribution in [3.05, 3.63) is 0 Å². The Labute approximate surface area is 123 Å². The Morgan fingerprint density at radius 1 is 1.29 bits per heavy atom. The highest BCUT2D eigenvalue weighted by Crippen LogP contribution is 2.31. The van der Waals surface area contributed by atoms with E-state index in [0.717, 1.165) is 6.29 Å². The van der Waals surface area contributed by atoms with Gasteiger partial charge in [0.1, 0.15) is 11.8 Å². The van der Waals surface area contributed by atoms with E-state index in [-0.39, 0.29) is 36.6 Å². The molecule has 0 aromatic carbocycles. The van der Waals surface area contributed by atoms with Gasteiger partial charge in [0, 0.05) is 12.5 Å². The van der Waals surface area contributed by atoms with Crippen molar-refractivity contribution in [3.63, 3.8) is 0 Å². The van der Waals surface area contributed by atoms with Gasteiger partial charge in [-0.25, -0.2) is 4.79 Å². The molecule has 0 bridgehead atoms. The first kappa shape index (κ1) is 14.5. The van der Waals surface area contributed by atoms with Crippen LogP contribution < -0.4 is 0 Å². The van der Waals surface area contributed by atoms with Gasteiger partial charge in [0.2, 0.25) is 0 Å². The van der Waals surface area contributed by atoms with Crippen LogP contribution in [0.15, 0.2) is 0 Å². The number of rotatable bonds is 7. The van der Waals surface area contributed by atoms with E-state index in [0.29, 0.717) is 26.2 Å². The van der Waals surface area contributed by atoms with E-state index in [2.05, 4.69) is 0 Å². The normalized spacial score (nSPS) is 31.5. The molecular formula is C14H20N2O5. The van der Waals surface area contributed by atoms with Crippen LogP contribution in [-0.2, 0) is 19.1 Å². The molecule has 0 saturated carbocycles. The average Bonchev–Trinajstić information content (AvgIpc) is 3.33. The maximum atomic E-state index is 12.5. The summed E-state index contributed by atoms with van der Waals surface area (Å²) >= 11 is 0. The molecule has 3 atom stereocenters. The predicted octanol–water partition coefficient (Wildman–Crippen LogP) is 0.0320. The molecule has 116 valence electrons. The van der Waals surface area contributed by atoms with Crippen molar-refractivity contribution in [1.82, 2.24) is 9.80 Å². The zero-order valence-corrected chi connectivity index (χ0v) is 12.3. The van der Waals surface area contributed by atoms with Crippen molar-refractivity contribution in [1.29, 1.82) is 0 Å². The van der Waals surface area contributed by atoms with Gasteiger partial charge >= 0.3 is 6.03 Å². The van der Waals surface area contributed by atoms with Crippen molar-refractivity contribution in [3.8, 4) is 0 Å². The number of urea groups is 1.